The van der Waals surface area contributed by atoms with Crippen molar-refractivity contribution in [2.75, 3.05) is 10.8 Å². The summed E-state index contributed by atoms with van der Waals surface area (Å²) in [6.07, 6.45) is 0. The van der Waals surface area contributed by atoms with E-state index in [4.69, 9.17) is 0 Å². The summed E-state index contributed by atoms with van der Waals surface area (Å²) in [5.74, 6) is -1.60. The molecule has 0 bridgehead atoms. The van der Waals surface area contributed by atoms with Gasteiger partial charge in [0.2, 0.25) is 5.88 Å². The Labute approximate surface area is 189 Å². The third kappa shape index (κ3) is 4.33. The number of aryl methyl sites for hydroxylation is 1. The Kier molecular flexibility index (Phi) is 5.93. The highest BCUT2D eigenvalue weighted by molar-refractivity contribution is 7.92. The molecule has 0 saturated carbocycles. The number of hydrogen-bond donors (Lipinski definition) is 1. The van der Waals surface area contributed by atoms with Gasteiger partial charge in [-0.1, -0.05) is 36.4 Å². The first kappa shape index (κ1) is 22.2. The van der Waals surface area contributed by atoms with E-state index < -0.39 is 28.3 Å². The van der Waals surface area contributed by atoms with Gasteiger partial charge in [0.05, 0.1) is 16.1 Å². The molecule has 0 fully saturated rings. The van der Waals surface area contributed by atoms with Crippen molar-refractivity contribution in [3.63, 3.8) is 0 Å². The lowest BCUT2D eigenvalue weighted by Crippen LogP contribution is -2.35. The van der Waals surface area contributed by atoms with Crippen LogP contribution in [0.1, 0.15) is 0 Å². The molecule has 0 spiro atoms. The number of aromatic nitrogens is 1. The number of aromatic hydroxyl groups is 1. The number of nitrogens with zero attached hydrogens (tertiary/aromatic N) is 4. The van der Waals surface area contributed by atoms with Gasteiger partial charge in [-0.25, -0.2) is 12.8 Å². The van der Waals surface area contributed by atoms with E-state index in [0.717, 1.165) is 16.4 Å². The summed E-state index contributed by atoms with van der Waals surface area (Å²) >= 11 is 0. The van der Waals surface area contributed by atoms with Crippen LogP contribution < -0.4 is 4.31 Å². The van der Waals surface area contributed by atoms with Crippen molar-refractivity contribution in [2.24, 2.45) is 17.3 Å². The third-order valence-corrected chi connectivity index (χ3v) is 6.82. The van der Waals surface area contributed by atoms with Crippen LogP contribution in [-0.2, 0) is 21.9 Å². The maximum absolute atomic E-state index is 13.4. The van der Waals surface area contributed by atoms with E-state index in [2.05, 4.69) is 10.2 Å². The molecule has 1 amide bonds. The number of sulfonamides is 1. The van der Waals surface area contributed by atoms with Crippen molar-refractivity contribution >= 4 is 38.2 Å². The zero-order chi connectivity index (χ0) is 23.6. The number of para-hydroxylation sites is 1. The minimum Gasteiger partial charge on any atom is -0.493 e. The molecule has 8 nitrogen and oxygen atoms in total. The number of benzene rings is 3. The van der Waals surface area contributed by atoms with Gasteiger partial charge >= 0.3 is 0 Å². The lowest BCUT2D eigenvalue weighted by molar-refractivity contribution is -0.116. The number of carbonyl (C=O) groups is 1. The van der Waals surface area contributed by atoms with Crippen LogP contribution in [0.25, 0.3) is 10.9 Å². The monoisotopic (exact) mass is 466 g/mol. The maximum Gasteiger partial charge on any atom is 0.285 e. The number of halogens is 1. The van der Waals surface area contributed by atoms with Crippen LogP contribution in [0.5, 0.6) is 5.88 Å². The van der Waals surface area contributed by atoms with Crippen molar-refractivity contribution in [3.05, 3.63) is 84.7 Å². The number of carbonyl (C=O) groups excluding carboxylic acids is 1. The highest BCUT2D eigenvalue weighted by Gasteiger charge is 2.27. The Morgan fingerprint density at radius 3 is 2.33 bits per heavy atom. The summed E-state index contributed by atoms with van der Waals surface area (Å²) in [6, 6.07) is 19.3. The highest BCUT2D eigenvalue weighted by Crippen LogP contribution is 2.37. The van der Waals surface area contributed by atoms with Crippen molar-refractivity contribution in [1.82, 2.24) is 4.57 Å². The number of azo groups is 1. The quantitative estimate of drug-likeness (QED) is 0.422. The van der Waals surface area contributed by atoms with Gasteiger partial charge in [0.25, 0.3) is 15.9 Å². The molecule has 0 unspecified atom stereocenters. The standard InChI is InChI=1S/C23H19FN4O4S/c1-27-20-10-6-5-9-19(20)22(23(27)30)26-25-21(29)15-28(17-13-11-16(24)12-14-17)33(31,32)18-7-3-2-4-8-18/h2-14,30H,15H2,1H3. The second-order valence-corrected chi connectivity index (χ2v) is 9.01. The second-order valence-electron chi connectivity index (χ2n) is 7.14. The molecular formula is C23H19FN4O4S. The predicted molar refractivity (Wildman–Crippen MR) is 121 cm³/mol. The molecule has 1 N–H and O–H groups in total. The van der Waals surface area contributed by atoms with Gasteiger partial charge in [-0.3, -0.25) is 9.10 Å². The molecule has 168 valence electrons. The first-order valence-corrected chi connectivity index (χ1v) is 11.3. The van der Waals surface area contributed by atoms with Crippen LogP contribution in [-0.4, -0.2) is 30.5 Å². The number of fused-ring (bicyclic) bond motifs is 1. The van der Waals surface area contributed by atoms with Gasteiger partial charge < -0.3 is 9.67 Å². The normalized spacial score (nSPS) is 11.8. The Morgan fingerprint density at radius 2 is 1.64 bits per heavy atom. The van der Waals surface area contributed by atoms with Gasteiger partial charge in [0.15, 0.2) is 5.69 Å². The fourth-order valence-corrected chi connectivity index (χ4v) is 4.80. The highest BCUT2D eigenvalue weighted by atomic mass is 32.2. The van der Waals surface area contributed by atoms with Crippen molar-refractivity contribution < 1.29 is 22.7 Å². The lowest BCUT2D eigenvalue weighted by atomic mass is 10.2. The summed E-state index contributed by atoms with van der Waals surface area (Å²) < 4.78 is 42.2. The van der Waals surface area contributed by atoms with Gasteiger partial charge in [-0.15, -0.1) is 10.2 Å². The molecule has 1 heterocycles. The second kappa shape index (κ2) is 8.83. The molecule has 1 aromatic heterocycles. The van der Waals surface area contributed by atoms with Gasteiger partial charge in [0.1, 0.15) is 12.4 Å². The Morgan fingerprint density at radius 1 is 1.00 bits per heavy atom. The molecule has 4 aromatic rings. The Balaban J connectivity index is 1.68. The van der Waals surface area contributed by atoms with E-state index in [0.29, 0.717) is 10.9 Å². The molecule has 33 heavy (non-hydrogen) atoms. The van der Waals surface area contributed by atoms with Crippen molar-refractivity contribution in [3.8, 4) is 5.88 Å². The molecule has 0 aliphatic carbocycles. The minimum atomic E-state index is -4.15. The smallest absolute Gasteiger partial charge is 0.285 e. The zero-order valence-corrected chi connectivity index (χ0v) is 18.3. The molecule has 4 rings (SSSR count). The Hall–Kier alpha value is -4.05. The molecule has 3 aromatic carbocycles. The first-order valence-electron chi connectivity index (χ1n) is 9.83. The van der Waals surface area contributed by atoms with Crippen LogP contribution in [0.15, 0.2) is 94.0 Å². The SMILES string of the molecule is Cn1c(O)c(N=NC(=O)CN(c2ccc(F)cc2)S(=O)(=O)c2ccccc2)c2ccccc21. The van der Waals surface area contributed by atoms with Crippen molar-refractivity contribution in [1.29, 1.82) is 0 Å². The molecule has 0 radical (unpaired) electrons. The van der Waals surface area contributed by atoms with Crippen LogP contribution >= 0.6 is 0 Å². The van der Waals surface area contributed by atoms with Crippen LogP contribution in [0.4, 0.5) is 15.8 Å². The van der Waals surface area contributed by atoms with Crippen molar-refractivity contribution in [2.45, 2.75) is 4.90 Å². The average Bonchev–Trinajstić information content (AvgIpc) is 3.07. The number of anilines is 1. The third-order valence-electron chi connectivity index (χ3n) is 5.04. The molecule has 0 atom stereocenters. The summed E-state index contributed by atoms with van der Waals surface area (Å²) in [4.78, 5) is 12.6. The number of hydrogen-bond acceptors (Lipinski definition) is 5. The van der Waals surface area contributed by atoms with E-state index >= 15 is 0 Å². The predicted octanol–water partition coefficient (Wildman–Crippen LogP) is 4.53. The zero-order valence-electron chi connectivity index (χ0n) is 17.5. The van der Waals surface area contributed by atoms with Gasteiger partial charge in [-0.2, -0.15) is 0 Å². The van der Waals surface area contributed by atoms with E-state index in [-0.39, 0.29) is 22.2 Å². The first-order chi connectivity index (χ1) is 15.8. The number of rotatable bonds is 6. The van der Waals surface area contributed by atoms with E-state index in [9.17, 15) is 22.7 Å². The van der Waals surface area contributed by atoms with Gasteiger partial charge in [-0.05, 0) is 42.5 Å². The molecule has 0 aliphatic rings. The van der Waals surface area contributed by atoms with Crippen LogP contribution in [0.3, 0.4) is 0 Å². The molecular weight excluding hydrogens is 447 g/mol. The Bertz CT molecular complexity index is 1450. The topological polar surface area (TPSA) is 104 Å². The summed E-state index contributed by atoms with van der Waals surface area (Å²) in [5, 5.41) is 18.5. The van der Waals surface area contributed by atoms with Gasteiger partial charge in [0, 0.05) is 12.4 Å². The molecule has 0 saturated heterocycles. The largest absolute Gasteiger partial charge is 0.493 e. The van der Waals surface area contributed by atoms with Crippen LogP contribution in [0.2, 0.25) is 0 Å². The minimum absolute atomic E-state index is 0.0363. The molecule has 10 heteroatoms. The summed E-state index contributed by atoms with van der Waals surface area (Å²) in [7, 11) is -2.51. The molecule has 0 aliphatic heterocycles. The average molecular weight is 466 g/mol. The number of amides is 1. The van der Waals surface area contributed by atoms with E-state index in [1.165, 1.54) is 28.8 Å². The van der Waals surface area contributed by atoms with Crippen LogP contribution in [0, 0.1) is 5.82 Å². The van der Waals surface area contributed by atoms with E-state index in [1.54, 1.807) is 49.5 Å². The summed E-state index contributed by atoms with van der Waals surface area (Å²) in [5.41, 5.74) is 0.883. The lowest BCUT2D eigenvalue weighted by Gasteiger charge is -2.23. The fourth-order valence-electron chi connectivity index (χ4n) is 3.36. The maximum atomic E-state index is 13.4. The summed E-state index contributed by atoms with van der Waals surface area (Å²) in [6.45, 7) is -0.669. The van der Waals surface area contributed by atoms with E-state index in [1.807, 2.05) is 0 Å². The fraction of sp³-hybridized carbons (Fsp3) is 0.0870.